The van der Waals surface area contributed by atoms with E-state index in [1.807, 2.05) is 37.3 Å². The minimum atomic E-state index is 0.527. The van der Waals surface area contributed by atoms with E-state index in [9.17, 15) is 0 Å². The van der Waals surface area contributed by atoms with E-state index in [2.05, 4.69) is 20.6 Å². The van der Waals surface area contributed by atoms with Crippen molar-refractivity contribution in [3.63, 3.8) is 0 Å². The van der Waals surface area contributed by atoms with Crippen LogP contribution < -0.4 is 15.4 Å². The number of nitrogens with zero attached hydrogens (tertiary/aromatic N) is 2. The van der Waals surface area contributed by atoms with Gasteiger partial charge in [-0.25, -0.2) is 4.98 Å². The fraction of sp³-hybridized carbons (Fsp3) is 0.333. The smallest absolute Gasteiger partial charge is 0.229 e. The summed E-state index contributed by atoms with van der Waals surface area (Å²) in [6.45, 7) is 3.25. The van der Waals surface area contributed by atoms with Crippen molar-refractivity contribution in [1.82, 2.24) is 9.97 Å². The van der Waals surface area contributed by atoms with Crippen molar-refractivity contribution >= 4 is 17.5 Å². The Morgan fingerprint density at radius 1 is 1.14 bits per heavy atom. The molecule has 112 valence electrons. The van der Waals surface area contributed by atoms with Gasteiger partial charge in [0.25, 0.3) is 0 Å². The van der Waals surface area contributed by atoms with Crippen LogP contribution in [0.25, 0.3) is 0 Å². The number of ether oxygens (including phenoxy) is 2. The number of anilines is 3. The van der Waals surface area contributed by atoms with Gasteiger partial charge in [0, 0.05) is 25.4 Å². The Balaban J connectivity index is 2.15. The maximum atomic E-state index is 5.31. The largest absolute Gasteiger partial charge is 0.495 e. The Labute approximate surface area is 124 Å². The summed E-state index contributed by atoms with van der Waals surface area (Å²) in [4.78, 5) is 8.82. The predicted molar refractivity (Wildman–Crippen MR) is 83.4 cm³/mol. The van der Waals surface area contributed by atoms with Gasteiger partial charge in [-0.2, -0.15) is 4.98 Å². The number of aromatic nitrogens is 2. The molecule has 0 spiro atoms. The fourth-order valence-electron chi connectivity index (χ4n) is 1.86. The highest BCUT2D eigenvalue weighted by molar-refractivity contribution is 5.63. The number of para-hydroxylation sites is 2. The molecule has 2 aromatic rings. The molecule has 0 aliphatic carbocycles. The lowest BCUT2D eigenvalue weighted by atomic mass is 10.3. The number of hydrogen-bond acceptors (Lipinski definition) is 6. The van der Waals surface area contributed by atoms with Gasteiger partial charge >= 0.3 is 0 Å². The molecule has 1 heterocycles. The minimum absolute atomic E-state index is 0.527. The molecular weight excluding hydrogens is 268 g/mol. The number of benzene rings is 1. The van der Waals surface area contributed by atoms with Gasteiger partial charge < -0.3 is 20.1 Å². The number of rotatable bonds is 7. The SMILES string of the molecule is COCCNc1cc(C)nc(Nc2ccccc2OC)n1. The Hall–Kier alpha value is -2.34. The molecule has 0 aliphatic heterocycles. The van der Waals surface area contributed by atoms with Gasteiger partial charge in [0.2, 0.25) is 5.95 Å². The van der Waals surface area contributed by atoms with E-state index in [0.717, 1.165) is 22.9 Å². The Bertz CT molecular complexity index is 590. The second-order valence-electron chi connectivity index (χ2n) is 4.46. The summed E-state index contributed by atoms with van der Waals surface area (Å²) in [7, 11) is 3.30. The summed E-state index contributed by atoms with van der Waals surface area (Å²) in [6, 6.07) is 9.54. The third-order valence-electron chi connectivity index (χ3n) is 2.82. The quantitative estimate of drug-likeness (QED) is 0.763. The van der Waals surface area contributed by atoms with Crippen LogP contribution in [0.1, 0.15) is 5.69 Å². The molecular formula is C15H20N4O2. The summed E-state index contributed by atoms with van der Waals surface area (Å²) in [5, 5.41) is 6.37. The molecule has 0 bridgehead atoms. The molecule has 6 nitrogen and oxygen atoms in total. The first-order valence-electron chi connectivity index (χ1n) is 6.71. The standard InChI is InChI=1S/C15H20N4O2/c1-11-10-14(16-8-9-20-2)19-15(17-11)18-12-6-4-5-7-13(12)21-3/h4-7,10H,8-9H2,1-3H3,(H2,16,17,18,19). The second-order valence-corrected chi connectivity index (χ2v) is 4.46. The highest BCUT2D eigenvalue weighted by atomic mass is 16.5. The highest BCUT2D eigenvalue weighted by Crippen LogP contribution is 2.26. The third-order valence-corrected chi connectivity index (χ3v) is 2.82. The zero-order valence-electron chi connectivity index (χ0n) is 12.5. The molecule has 0 unspecified atom stereocenters. The first-order chi connectivity index (χ1) is 10.2. The molecule has 1 aromatic heterocycles. The van der Waals surface area contributed by atoms with E-state index in [1.54, 1.807) is 14.2 Å². The van der Waals surface area contributed by atoms with Crippen LogP contribution in [-0.4, -0.2) is 37.3 Å². The van der Waals surface area contributed by atoms with Crippen molar-refractivity contribution in [2.24, 2.45) is 0 Å². The van der Waals surface area contributed by atoms with Crippen LogP contribution in [0.3, 0.4) is 0 Å². The monoisotopic (exact) mass is 288 g/mol. The molecule has 1 aromatic carbocycles. The molecule has 21 heavy (non-hydrogen) atoms. The Morgan fingerprint density at radius 3 is 2.71 bits per heavy atom. The maximum absolute atomic E-state index is 5.31. The zero-order valence-corrected chi connectivity index (χ0v) is 12.5. The summed E-state index contributed by atoms with van der Waals surface area (Å²) in [5.41, 5.74) is 1.70. The van der Waals surface area contributed by atoms with Gasteiger partial charge in [-0.1, -0.05) is 12.1 Å². The zero-order chi connectivity index (χ0) is 15.1. The predicted octanol–water partition coefficient (Wildman–Crippen LogP) is 2.60. The second kappa shape index (κ2) is 7.44. The van der Waals surface area contributed by atoms with E-state index in [-0.39, 0.29) is 0 Å². The molecule has 0 amide bonds. The molecule has 0 saturated carbocycles. The van der Waals surface area contributed by atoms with Crippen molar-refractivity contribution < 1.29 is 9.47 Å². The van der Waals surface area contributed by atoms with Crippen LogP contribution in [0.2, 0.25) is 0 Å². The van der Waals surface area contributed by atoms with Gasteiger partial charge in [-0.3, -0.25) is 0 Å². The average Bonchev–Trinajstić information content (AvgIpc) is 2.47. The van der Waals surface area contributed by atoms with Crippen LogP contribution >= 0.6 is 0 Å². The maximum Gasteiger partial charge on any atom is 0.229 e. The topological polar surface area (TPSA) is 68.3 Å². The number of methoxy groups -OCH3 is 2. The minimum Gasteiger partial charge on any atom is -0.495 e. The normalized spacial score (nSPS) is 10.2. The Kier molecular flexibility index (Phi) is 5.34. The molecule has 2 N–H and O–H groups in total. The van der Waals surface area contributed by atoms with Crippen molar-refractivity contribution in [3.8, 4) is 5.75 Å². The molecule has 0 aliphatic rings. The van der Waals surface area contributed by atoms with E-state index in [0.29, 0.717) is 19.1 Å². The van der Waals surface area contributed by atoms with E-state index < -0.39 is 0 Å². The first kappa shape index (κ1) is 15.1. The van der Waals surface area contributed by atoms with Gasteiger partial charge in [-0.05, 0) is 19.1 Å². The van der Waals surface area contributed by atoms with Crippen LogP contribution in [0.5, 0.6) is 5.75 Å². The fourth-order valence-corrected chi connectivity index (χ4v) is 1.86. The van der Waals surface area contributed by atoms with Gasteiger partial charge in [0.05, 0.1) is 19.4 Å². The number of aryl methyl sites for hydroxylation is 1. The number of hydrogen-bond donors (Lipinski definition) is 2. The van der Waals surface area contributed by atoms with E-state index in [1.165, 1.54) is 0 Å². The summed E-state index contributed by atoms with van der Waals surface area (Å²) in [6.07, 6.45) is 0. The summed E-state index contributed by atoms with van der Waals surface area (Å²) in [5.74, 6) is 2.04. The lowest BCUT2D eigenvalue weighted by Crippen LogP contribution is -2.10. The molecule has 0 fully saturated rings. The van der Waals surface area contributed by atoms with Crippen LogP contribution in [0.15, 0.2) is 30.3 Å². The summed E-state index contributed by atoms with van der Waals surface area (Å²) < 4.78 is 10.3. The number of nitrogens with one attached hydrogen (secondary N) is 2. The first-order valence-corrected chi connectivity index (χ1v) is 6.71. The summed E-state index contributed by atoms with van der Waals surface area (Å²) >= 11 is 0. The van der Waals surface area contributed by atoms with Crippen LogP contribution in [-0.2, 0) is 4.74 Å². The van der Waals surface area contributed by atoms with Crippen LogP contribution in [0.4, 0.5) is 17.5 Å². The third kappa shape index (κ3) is 4.32. The van der Waals surface area contributed by atoms with Crippen molar-refractivity contribution in [2.45, 2.75) is 6.92 Å². The Morgan fingerprint density at radius 2 is 1.95 bits per heavy atom. The van der Waals surface area contributed by atoms with Gasteiger partial charge in [0.1, 0.15) is 11.6 Å². The lowest BCUT2D eigenvalue weighted by Gasteiger charge is -2.12. The van der Waals surface area contributed by atoms with Crippen LogP contribution in [0, 0.1) is 6.92 Å². The molecule has 6 heteroatoms. The average molecular weight is 288 g/mol. The van der Waals surface area contributed by atoms with Gasteiger partial charge in [-0.15, -0.1) is 0 Å². The van der Waals surface area contributed by atoms with Crippen molar-refractivity contribution in [2.75, 3.05) is 38.0 Å². The molecule has 0 radical (unpaired) electrons. The molecule has 0 atom stereocenters. The molecule has 0 saturated heterocycles. The lowest BCUT2D eigenvalue weighted by molar-refractivity contribution is 0.210. The molecule has 2 rings (SSSR count). The van der Waals surface area contributed by atoms with Crippen molar-refractivity contribution in [3.05, 3.63) is 36.0 Å². The van der Waals surface area contributed by atoms with Crippen molar-refractivity contribution in [1.29, 1.82) is 0 Å². The highest BCUT2D eigenvalue weighted by Gasteiger charge is 2.06. The van der Waals surface area contributed by atoms with E-state index in [4.69, 9.17) is 9.47 Å². The van der Waals surface area contributed by atoms with E-state index >= 15 is 0 Å². The van der Waals surface area contributed by atoms with Gasteiger partial charge in [0.15, 0.2) is 0 Å².